The van der Waals surface area contributed by atoms with Crippen LogP contribution in [0, 0.1) is 5.92 Å². The maximum absolute atomic E-state index is 13.5. The number of hydrogen-bond acceptors (Lipinski definition) is 6. The molecule has 0 radical (unpaired) electrons. The maximum Gasteiger partial charge on any atom is 0.263 e. The summed E-state index contributed by atoms with van der Waals surface area (Å²) in [7, 11) is -1.72. The number of benzene rings is 2. The van der Waals surface area contributed by atoms with Crippen molar-refractivity contribution < 1.29 is 18.0 Å². The smallest absolute Gasteiger partial charge is 0.263 e. The minimum atomic E-state index is -3.78. The molecule has 3 aromatic rings. The van der Waals surface area contributed by atoms with Crippen molar-refractivity contribution in [1.82, 2.24) is 19.0 Å². The van der Waals surface area contributed by atoms with Crippen molar-refractivity contribution in [2.75, 3.05) is 20.1 Å². The highest BCUT2D eigenvalue weighted by Crippen LogP contribution is 2.32. The Morgan fingerprint density at radius 2 is 1.79 bits per heavy atom. The van der Waals surface area contributed by atoms with Crippen LogP contribution < -0.4 is 0 Å². The predicted molar refractivity (Wildman–Crippen MR) is 150 cm³/mol. The van der Waals surface area contributed by atoms with Crippen LogP contribution in [-0.2, 0) is 16.4 Å². The summed E-state index contributed by atoms with van der Waals surface area (Å²) in [6.07, 6.45) is 12.2. The van der Waals surface area contributed by atoms with Gasteiger partial charge >= 0.3 is 0 Å². The Hall–Kier alpha value is -3.56. The number of carbonyl (C=O) groups excluding carboxylic acids is 2. The summed E-state index contributed by atoms with van der Waals surface area (Å²) in [4.78, 5) is 29.8. The molecule has 1 aliphatic heterocycles. The molecule has 1 unspecified atom stereocenters. The van der Waals surface area contributed by atoms with Crippen LogP contribution in [0.15, 0.2) is 73.0 Å². The quantitative estimate of drug-likeness (QED) is 0.378. The Kier molecular flexibility index (Phi) is 6.31. The van der Waals surface area contributed by atoms with E-state index in [1.807, 2.05) is 24.3 Å². The van der Waals surface area contributed by atoms with Gasteiger partial charge in [-0.05, 0) is 75.4 Å². The fourth-order valence-electron chi connectivity index (χ4n) is 5.58. The number of fused-ring (bicyclic) bond motifs is 2. The third-order valence-electron chi connectivity index (χ3n) is 8.25. The van der Waals surface area contributed by atoms with Crippen molar-refractivity contribution in [2.24, 2.45) is 5.92 Å². The largest absolute Gasteiger partial charge is 0.301 e. The normalized spacial score (nSPS) is 21.8. The van der Waals surface area contributed by atoms with Gasteiger partial charge < -0.3 is 4.90 Å². The van der Waals surface area contributed by atoms with Crippen molar-refractivity contribution in [1.29, 1.82) is 0 Å². The minimum Gasteiger partial charge on any atom is -0.301 e. The van der Waals surface area contributed by atoms with Gasteiger partial charge in [0, 0.05) is 24.5 Å². The van der Waals surface area contributed by atoms with E-state index in [-0.39, 0.29) is 17.9 Å². The van der Waals surface area contributed by atoms with E-state index in [2.05, 4.69) is 17.0 Å². The Balaban J connectivity index is 1.27. The topological polar surface area (TPSA) is 92.6 Å². The lowest BCUT2D eigenvalue weighted by atomic mass is 10.0. The molecule has 2 aromatic carbocycles. The highest BCUT2D eigenvalue weighted by molar-refractivity contribution is 7.91. The van der Waals surface area contributed by atoms with Gasteiger partial charge in [-0.15, -0.1) is 0 Å². The second kappa shape index (κ2) is 9.57. The summed E-state index contributed by atoms with van der Waals surface area (Å²) < 4.78 is 27.1. The molecule has 202 valence electrons. The van der Waals surface area contributed by atoms with Crippen molar-refractivity contribution >= 4 is 32.7 Å². The number of carbonyl (C=O) groups is 2. The van der Waals surface area contributed by atoms with Gasteiger partial charge in [0.1, 0.15) is 4.75 Å². The fraction of sp³-hybridized carbons (Fsp3) is 0.367. The number of likely N-dealkylation sites (N-methyl/N-ethyl adjacent to an activating group) is 1. The standard InChI is InChI=1S/C30H32N4O4S/c1-30(14-6-3-7-15-30)39(37,38)34-27-13-12-22(16-23(27)18-31-34)17-24(32(2)19-21-10-11-21)20-33-28(35)25-8-4-5-9-26(25)29(33)36/h3-9,12-14,16,18,21,24H,10-11,15,17,19-20H2,1-2H3/t24-,30?/m0/s1. The first kappa shape index (κ1) is 25.7. The number of nitrogens with zero attached hydrogens (tertiary/aromatic N) is 4. The Labute approximate surface area is 228 Å². The van der Waals surface area contributed by atoms with E-state index in [4.69, 9.17) is 0 Å². The second-order valence-electron chi connectivity index (χ2n) is 11.2. The highest BCUT2D eigenvalue weighted by Gasteiger charge is 2.40. The minimum absolute atomic E-state index is 0.0814. The van der Waals surface area contributed by atoms with Gasteiger partial charge in [-0.3, -0.25) is 14.5 Å². The monoisotopic (exact) mass is 544 g/mol. The molecule has 2 aliphatic carbocycles. The molecule has 0 spiro atoms. The molecule has 1 fully saturated rings. The van der Waals surface area contributed by atoms with Gasteiger partial charge in [0.05, 0.1) is 22.8 Å². The molecular weight excluding hydrogens is 512 g/mol. The van der Waals surface area contributed by atoms with Crippen LogP contribution in [0.3, 0.4) is 0 Å². The van der Waals surface area contributed by atoms with E-state index in [9.17, 15) is 18.0 Å². The molecule has 1 aromatic heterocycles. The van der Waals surface area contributed by atoms with Gasteiger partial charge in [0.2, 0.25) is 0 Å². The van der Waals surface area contributed by atoms with Crippen molar-refractivity contribution in [2.45, 2.75) is 43.4 Å². The average Bonchev–Trinajstić information content (AvgIpc) is 3.58. The number of allylic oxidation sites excluding steroid dienone is 3. The van der Waals surface area contributed by atoms with Crippen LogP contribution >= 0.6 is 0 Å². The molecule has 1 saturated carbocycles. The average molecular weight is 545 g/mol. The van der Waals surface area contributed by atoms with Crippen molar-refractivity contribution in [3.05, 3.63) is 89.7 Å². The number of imide groups is 1. The summed E-state index contributed by atoms with van der Waals surface area (Å²) in [6, 6.07) is 12.6. The Bertz CT molecular complexity index is 1600. The molecule has 39 heavy (non-hydrogen) atoms. The molecule has 2 amide bonds. The van der Waals surface area contributed by atoms with Crippen LogP contribution in [0.5, 0.6) is 0 Å². The summed E-state index contributed by atoms with van der Waals surface area (Å²) in [6.45, 7) is 2.91. The maximum atomic E-state index is 13.5. The zero-order chi connectivity index (χ0) is 27.4. The van der Waals surface area contributed by atoms with Gasteiger partial charge in [-0.1, -0.05) is 42.5 Å². The van der Waals surface area contributed by atoms with Crippen molar-refractivity contribution in [3.63, 3.8) is 0 Å². The molecule has 0 N–H and O–H groups in total. The first-order valence-corrected chi connectivity index (χ1v) is 14.8. The lowest BCUT2D eigenvalue weighted by Gasteiger charge is -2.31. The van der Waals surface area contributed by atoms with Gasteiger partial charge in [-0.25, -0.2) is 8.42 Å². The number of rotatable bonds is 9. The van der Waals surface area contributed by atoms with E-state index >= 15 is 0 Å². The lowest BCUT2D eigenvalue weighted by Crippen LogP contribution is -2.46. The molecule has 2 atom stereocenters. The van der Waals surface area contributed by atoms with E-state index in [0.29, 0.717) is 41.9 Å². The first-order valence-electron chi connectivity index (χ1n) is 13.4. The molecule has 9 heteroatoms. The summed E-state index contributed by atoms with van der Waals surface area (Å²) in [5.74, 6) is 0.153. The zero-order valence-electron chi connectivity index (χ0n) is 22.2. The number of amides is 2. The molecule has 3 aliphatic rings. The molecule has 0 bridgehead atoms. The highest BCUT2D eigenvalue weighted by atomic mass is 32.2. The fourth-order valence-corrected chi connectivity index (χ4v) is 7.13. The van der Waals surface area contributed by atoms with Crippen molar-refractivity contribution in [3.8, 4) is 0 Å². The van der Waals surface area contributed by atoms with Crippen LogP contribution in [0.4, 0.5) is 0 Å². The molecular formula is C30H32N4O4S. The molecule has 0 saturated heterocycles. The summed E-state index contributed by atoms with van der Waals surface area (Å²) in [5, 5.41) is 5.01. The van der Waals surface area contributed by atoms with Gasteiger partial charge in [0.15, 0.2) is 0 Å². The van der Waals surface area contributed by atoms with Gasteiger partial charge in [0.25, 0.3) is 21.8 Å². The Morgan fingerprint density at radius 1 is 1.08 bits per heavy atom. The van der Waals surface area contributed by atoms with Crippen LogP contribution in [-0.4, -0.2) is 70.1 Å². The van der Waals surface area contributed by atoms with E-state index in [1.54, 1.807) is 55.6 Å². The van der Waals surface area contributed by atoms with E-state index in [1.165, 1.54) is 17.7 Å². The van der Waals surface area contributed by atoms with Crippen LogP contribution in [0.25, 0.3) is 10.9 Å². The third-order valence-corrected chi connectivity index (χ3v) is 10.5. The molecule has 8 nitrogen and oxygen atoms in total. The van der Waals surface area contributed by atoms with E-state index in [0.717, 1.165) is 21.6 Å². The van der Waals surface area contributed by atoms with E-state index < -0.39 is 14.8 Å². The van der Waals surface area contributed by atoms with Crippen LogP contribution in [0.2, 0.25) is 0 Å². The molecule has 6 rings (SSSR count). The zero-order valence-corrected chi connectivity index (χ0v) is 23.0. The number of hydrogen-bond donors (Lipinski definition) is 0. The SMILES string of the molecule is CN(CC1CC1)[C@@H](Cc1ccc2c(cnn2S(=O)(=O)C2(C)C=CC=CC2)c1)CN1C(=O)c2ccccc2C1=O. The molecule has 2 heterocycles. The lowest BCUT2D eigenvalue weighted by molar-refractivity contribution is 0.0599. The first-order chi connectivity index (χ1) is 18.7. The summed E-state index contributed by atoms with van der Waals surface area (Å²) >= 11 is 0. The third kappa shape index (κ3) is 4.53. The predicted octanol–water partition coefficient (Wildman–Crippen LogP) is 4.04. The number of aromatic nitrogens is 2. The Morgan fingerprint density at radius 3 is 2.44 bits per heavy atom. The van der Waals surface area contributed by atoms with Gasteiger partial charge in [-0.2, -0.15) is 9.19 Å². The second-order valence-corrected chi connectivity index (χ2v) is 13.4. The van der Waals surface area contributed by atoms with Crippen LogP contribution in [0.1, 0.15) is 52.5 Å². The summed E-state index contributed by atoms with van der Waals surface area (Å²) in [5.41, 5.74) is 2.44.